The summed E-state index contributed by atoms with van der Waals surface area (Å²) in [6.07, 6.45) is -4.27. The zero-order valence-corrected chi connectivity index (χ0v) is 14.1. The molecular weight excluding hydrogens is 371 g/mol. The van der Waals surface area contributed by atoms with Gasteiger partial charge >= 0.3 is 12.1 Å². The SMILES string of the molecule is COCCOCC(=O)Nc1ccc(-n2ncc(C(=O)O)c2C(F)(F)F)cc1. The third-order valence-corrected chi connectivity index (χ3v) is 3.33. The van der Waals surface area contributed by atoms with E-state index in [-0.39, 0.29) is 18.9 Å². The van der Waals surface area contributed by atoms with Crippen LogP contribution < -0.4 is 5.32 Å². The maximum absolute atomic E-state index is 13.2. The number of amides is 1. The summed E-state index contributed by atoms with van der Waals surface area (Å²) in [6, 6.07) is 5.28. The number of halogens is 3. The summed E-state index contributed by atoms with van der Waals surface area (Å²) in [4.78, 5) is 22.7. The number of benzene rings is 1. The number of methoxy groups -OCH3 is 1. The van der Waals surface area contributed by atoms with Crippen LogP contribution in [0, 0.1) is 0 Å². The minimum Gasteiger partial charge on any atom is -0.478 e. The second kappa shape index (κ2) is 8.64. The number of carbonyl (C=O) groups is 2. The normalized spacial score (nSPS) is 11.4. The molecular formula is C16H16F3N3O5. The highest BCUT2D eigenvalue weighted by molar-refractivity contribution is 5.91. The summed E-state index contributed by atoms with van der Waals surface area (Å²) in [6.45, 7) is 0.379. The number of hydrogen-bond acceptors (Lipinski definition) is 5. The average molecular weight is 387 g/mol. The molecule has 1 aromatic carbocycles. The number of ether oxygens (including phenoxy) is 2. The van der Waals surface area contributed by atoms with Crippen molar-refractivity contribution in [3.05, 3.63) is 41.7 Å². The lowest BCUT2D eigenvalue weighted by molar-refractivity contribution is -0.143. The third-order valence-electron chi connectivity index (χ3n) is 3.33. The van der Waals surface area contributed by atoms with Crippen molar-refractivity contribution in [2.75, 3.05) is 32.2 Å². The Hall–Kier alpha value is -2.92. The van der Waals surface area contributed by atoms with Crippen LogP contribution in [0.4, 0.5) is 18.9 Å². The van der Waals surface area contributed by atoms with Crippen molar-refractivity contribution in [1.29, 1.82) is 0 Å². The number of carboxylic acid groups (broad SMARTS) is 1. The van der Waals surface area contributed by atoms with Crippen molar-refractivity contribution in [3.8, 4) is 5.69 Å². The Bertz CT molecular complexity index is 803. The first kappa shape index (κ1) is 20.4. The molecule has 2 N–H and O–H groups in total. The lowest BCUT2D eigenvalue weighted by Crippen LogP contribution is -2.19. The number of rotatable bonds is 8. The van der Waals surface area contributed by atoms with E-state index in [1.807, 2.05) is 0 Å². The van der Waals surface area contributed by atoms with Gasteiger partial charge in [-0.1, -0.05) is 0 Å². The molecule has 146 valence electrons. The number of nitrogens with zero attached hydrogens (tertiary/aromatic N) is 2. The van der Waals surface area contributed by atoms with Gasteiger partial charge in [0.05, 0.1) is 25.1 Å². The van der Waals surface area contributed by atoms with Crippen LogP contribution in [-0.2, 0) is 20.4 Å². The smallest absolute Gasteiger partial charge is 0.434 e. The van der Waals surface area contributed by atoms with Gasteiger partial charge in [-0.15, -0.1) is 0 Å². The van der Waals surface area contributed by atoms with Crippen molar-refractivity contribution in [2.24, 2.45) is 0 Å². The zero-order chi connectivity index (χ0) is 20.0. The molecule has 27 heavy (non-hydrogen) atoms. The van der Waals surface area contributed by atoms with E-state index in [1.54, 1.807) is 0 Å². The Morgan fingerprint density at radius 3 is 2.44 bits per heavy atom. The lowest BCUT2D eigenvalue weighted by atomic mass is 10.2. The molecule has 11 heteroatoms. The van der Waals surface area contributed by atoms with Gasteiger partial charge in [-0.2, -0.15) is 18.3 Å². The molecule has 0 aliphatic carbocycles. The Kier molecular flexibility index (Phi) is 6.53. The number of carbonyl (C=O) groups excluding carboxylic acids is 1. The Morgan fingerprint density at radius 2 is 1.89 bits per heavy atom. The minimum atomic E-state index is -4.91. The van der Waals surface area contributed by atoms with Crippen molar-refractivity contribution in [3.63, 3.8) is 0 Å². The molecule has 0 fully saturated rings. The zero-order valence-electron chi connectivity index (χ0n) is 14.1. The molecule has 0 spiro atoms. The van der Waals surface area contributed by atoms with Crippen LogP contribution >= 0.6 is 0 Å². The molecule has 2 rings (SSSR count). The van der Waals surface area contributed by atoms with E-state index in [0.717, 1.165) is 0 Å². The number of aromatic nitrogens is 2. The fourth-order valence-corrected chi connectivity index (χ4v) is 2.16. The maximum Gasteiger partial charge on any atom is 0.434 e. The van der Waals surface area contributed by atoms with Crippen LogP contribution in [0.25, 0.3) is 5.69 Å². The molecule has 2 aromatic rings. The van der Waals surface area contributed by atoms with Crippen LogP contribution in [0.5, 0.6) is 0 Å². The molecule has 1 aromatic heterocycles. The molecule has 0 radical (unpaired) electrons. The molecule has 0 saturated heterocycles. The predicted octanol–water partition coefficient (Wildman–Crippen LogP) is 2.19. The van der Waals surface area contributed by atoms with Gasteiger partial charge in [-0.05, 0) is 24.3 Å². The third kappa shape index (κ3) is 5.28. The summed E-state index contributed by atoms with van der Waals surface area (Å²) in [7, 11) is 1.49. The van der Waals surface area contributed by atoms with Gasteiger partial charge in [0.15, 0.2) is 5.69 Å². The van der Waals surface area contributed by atoms with E-state index in [2.05, 4.69) is 10.4 Å². The molecule has 8 nitrogen and oxygen atoms in total. The first-order valence-electron chi connectivity index (χ1n) is 7.59. The van der Waals surface area contributed by atoms with Crippen molar-refractivity contribution < 1.29 is 37.3 Å². The van der Waals surface area contributed by atoms with Gasteiger partial charge in [-0.3, -0.25) is 4.79 Å². The van der Waals surface area contributed by atoms with Crippen LogP contribution in [0.1, 0.15) is 16.1 Å². The number of aromatic carboxylic acids is 1. The van der Waals surface area contributed by atoms with Gasteiger partial charge < -0.3 is 19.9 Å². The molecule has 0 aliphatic heterocycles. The van der Waals surface area contributed by atoms with Gasteiger partial charge in [-0.25, -0.2) is 9.48 Å². The average Bonchev–Trinajstić information content (AvgIpc) is 3.05. The summed E-state index contributed by atoms with van der Waals surface area (Å²) < 4.78 is 49.9. The second-order valence-corrected chi connectivity index (χ2v) is 5.26. The molecule has 1 amide bonds. The van der Waals surface area contributed by atoms with Gasteiger partial charge in [0.25, 0.3) is 0 Å². The highest BCUT2D eigenvalue weighted by atomic mass is 19.4. The predicted molar refractivity (Wildman–Crippen MR) is 86.9 cm³/mol. The topological polar surface area (TPSA) is 103 Å². The first-order valence-corrected chi connectivity index (χ1v) is 7.59. The largest absolute Gasteiger partial charge is 0.478 e. The quantitative estimate of drug-likeness (QED) is 0.673. The van der Waals surface area contributed by atoms with Crippen LogP contribution in [0.15, 0.2) is 30.5 Å². The van der Waals surface area contributed by atoms with Crippen LogP contribution in [0.2, 0.25) is 0 Å². The van der Waals surface area contributed by atoms with Crippen molar-refractivity contribution in [2.45, 2.75) is 6.18 Å². The lowest BCUT2D eigenvalue weighted by Gasteiger charge is -2.12. The van der Waals surface area contributed by atoms with E-state index in [1.165, 1.54) is 31.4 Å². The number of nitrogens with one attached hydrogen (secondary N) is 1. The van der Waals surface area contributed by atoms with E-state index >= 15 is 0 Å². The highest BCUT2D eigenvalue weighted by Gasteiger charge is 2.40. The van der Waals surface area contributed by atoms with E-state index in [4.69, 9.17) is 14.6 Å². The molecule has 1 heterocycles. The maximum atomic E-state index is 13.2. The fraction of sp³-hybridized carbons (Fsp3) is 0.312. The summed E-state index contributed by atoms with van der Waals surface area (Å²) in [5, 5.41) is 15.0. The van der Waals surface area contributed by atoms with Gasteiger partial charge in [0, 0.05) is 12.8 Å². The number of alkyl halides is 3. The second-order valence-electron chi connectivity index (χ2n) is 5.26. The summed E-state index contributed by atoms with van der Waals surface area (Å²) in [5.74, 6) is -2.17. The minimum absolute atomic E-state index is 0.0100. The standard InChI is InChI=1S/C16H16F3N3O5/c1-26-6-7-27-9-13(23)21-10-2-4-11(5-3-10)22-14(16(17,18)19)12(8-20-22)15(24)25/h2-5,8H,6-7,9H2,1H3,(H,21,23)(H,24,25). The fourth-order valence-electron chi connectivity index (χ4n) is 2.16. The van der Waals surface area contributed by atoms with Crippen LogP contribution in [0.3, 0.4) is 0 Å². The number of anilines is 1. The van der Waals surface area contributed by atoms with Gasteiger partial charge in [0.2, 0.25) is 5.91 Å². The molecule has 0 aliphatic rings. The van der Waals surface area contributed by atoms with Crippen molar-refractivity contribution in [1.82, 2.24) is 9.78 Å². The molecule has 0 unspecified atom stereocenters. The van der Waals surface area contributed by atoms with Gasteiger partial charge in [0.1, 0.15) is 12.2 Å². The summed E-state index contributed by atoms with van der Waals surface area (Å²) in [5.41, 5.74) is -2.02. The van der Waals surface area contributed by atoms with Crippen molar-refractivity contribution >= 4 is 17.6 Å². The van der Waals surface area contributed by atoms with E-state index in [0.29, 0.717) is 23.2 Å². The van der Waals surface area contributed by atoms with Crippen LogP contribution in [-0.4, -0.2) is 53.7 Å². The Labute approximate surface area is 151 Å². The highest BCUT2D eigenvalue weighted by Crippen LogP contribution is 2.33. The Balaban J connectivity index is 2.14. The van der Waals surface area contributed by atoms with E-state index in [9.17, 15) is 22.8 Å². The number of carboxylic acids is 1. The number of hydrogen-bond donors (Lipinski definition) is 2. The molecule has 0 atom stereocenters. The summed E-state index contributed by atoms with van der Waals surface area (Å²) >= 11 is 0. The molecule has 0 saturated carbocycles. The monoisotopic (exact) mass is 387 g/mol. The molecule has 0 bridgehead atoms. The first-order chi connectivity index (χ1) is 12.7. The van der Waals surface area contributed by atoms with E-state index < -0.39 is 29.3 Å². The Morgan fingerprint density at radius 1 is 1.22 bits per heavy atom.